The van der Waals surface area contributed by atoms with Crippen molar-refractivity contribution in [2.75, 3.05) is 13.1 Å². The van der Waals surface area contributed by atoms with Gasteiger partial charge in [0.25, 0.3) is 0 Å². The molecule has 2 heterocycles. The molecule has 3 aromatic rings. The predicted molar refractivity (Wildman–Crippen MR) is 111 cm³/mol. The first kappa shape index (κ1) is 21.1. The van der Waals surface area contributed by atoms with E-state index in [1.165, 1.54) is 13.8 Å². The van der Waals surface area contributed by atoms with Crippen molar-refractivity contribution in [1.82, 2.24) is 15.1 Å². The van der Waals surface area contributed by atoms with Crippen molar-refractivity contribution < 1.29 is 23.1 Å². The molecule has 2 N–H and O–H groups in total. The maximum absolute atomic E-state index is 15.2. The summed E-state index contributed by atoms with van der Waals surface area (Å²) in [5.41, 5.74) is 0.813. The van der Waals surface area contributed by atoms with E-state index in [2.05, 4.69) is 10.2 Å². The Morgan fingerprint density at radius 1 is 1.32 bits per heavy atom. The first-order chi connectivity index (χ1) is 14.6. The van der Waals surface area contributed by atoms with Crippen LogP contribution in [-0.2, 0) is 11.2 Å². The van der Waals surface area contributed by atoms with Crippen LogP contribution in [0, 0.1) is 11.6 Å². The molecule has 1 atom stereocenters. The second kappa shape index (κ2) is 7.85. The Morgan fingerprint density at radius 3 is 2.68 bits per heavy atom. The number of alkyl halides is 1. The molecule has 0 bridgehead atoms. The van der Waals surface area contributed by atoms with E-state index in [1.807, 2.05) is 0 Å². The number of halogens is 3. The minimum absolute atomic E-state index is 0.0000785. The van der Waals surface area contributed by atoms with Gasteiger partial charge in [0, 0.05) is 30.1 Å². The number of carbonyl (C=O) groups is 1. The third-order valence-corrected chi connectivity index (χ3v) is 5.45. The van der Waals surface area contributed by atoms with Gasteiger partial charge in [0.2, 0.25) is 0 Å². The number of aromatic nitrogens is 2. The fourth-order valence-corrected chi connectivity index (χ4v) is 4.33. The second-order valence-corrected chi connectivity index (χ2v) is 8.38. The lowest BCUT2D eigenvalue weighted by atomic mass is 9.85. The van der Waals surface area contributed by atoms with Crippen LogP contribution in [0.5, 0.6) is 0 Å². The molecule has 31 heavy (non-hydrogen) atoms. The zero-order valence-corrected chi connectivity index (χ0v) is 17.1. The van der Waals surface area contributed by atoms with Crippen LogP contribution in [0.15, 0.2) is 36.5 Å². The van der Waals surface area contributed by atoms with Crippen molar-refractivity contribution in [3.05, 3.63) is 70.4 Å². The molecule has 4 rings (SSSR count). The van der Waals surface area contributed by atoms with Gasteiger partial charge in [-0.05, 0) is 61.2 Å². The number of aliphatic carboxylic acids is 1. The molecule has 1 aliphatic heterocycles. The highest BCUT2D eigenvalue weighted by Gasteiger charge is 2.36. The third kappa shape index (κ3) is 4.20. The number of rotatable bonds is 5. The summed E-state index contributed by atoms with van der Waals surface area (Å²) in [7, 11) is 0. The molecule has 5 nitrogen and oxygen atoms in total. The van der Waals surface area contributed by atoms with Gasteiger partial charge in [-0.25, -0.2) is 18.0 Å². The Bertz CT molecular complexity index is 1160. The molecule has 0 amide bonds. The van der Waals surface area contributed by atoms with Crippen LogP contribution >= 0.6 is 0 Å². The van der Waals surface area contributed by atoms with E-state index in [1.54, 1.807) is 23.2 Å². The smallest absolute Gasteiger partial charge is 0.328 e. The number of hydrogen-bond donors (Lipinski definition) is 2. The van der Waals surface area contributed by atoms with Crippen LogP contribution in [0.2, 0.25) is 0 Å². The van der Waals surface area contributed by atoms with E-state index in [4.69, 9.17) is 5.11 Å². The summed E-state index contributed by atoms with van der Waals surface area (Å²) >= 11 is 0. The average molecular weight is 429 g/mol. The zero-order chi connectivity index (χ0) is 22.3. The van der Waals surface area contributed by atoms with Gasteiger partial charge in [-0.15, -0.1) is 0 Å². The van der Waals surface area contributed by atoms with Crippen LogP contribution < -0.4 is 0 Å². The fourth-order valence-electron chi connectivity index (χ4n) is 4.33. The summed E-state index contributed by atoms with van der Waals surface area (Å²) in [6.45, 7) is 3.30. The molecule has 0 spiro atoms. The Balaban J connectivity index is 1.87. The highest BCUT2D eigenvalue weighted by atomic mass is 19.1. The number of carboxylic acid groups (broad SMARTS) is 1. The number of hydrogen-bond acceptors (Lipinski definition) is 3. The van der Waals surface area contributed by atoms with E-state index < -0.39 is 29.3 Å². The van der Waals surface area contributed by atoms with Crippen molar-refractivity contribution in [2.45, 2.75) is 32.0 Å². The van der Waals surface area contributed by atoms with Crippen LogP contribution in [-0.4, -0.2) is 44.9 Å². The predicted octanol–water partition coefficient (Wildman–Crippen LogP) is 4.63. The standard InChI is InChI=1S/C23H22F3N3O2/c1-23(2,26)12-29-8-7-14-15(4-5-19-16(14)11-27-28-19)22(29)21-17(24)9-13(10-18(21)25)3-6-20(30)31/h3-6,9-11,22H,7-8,12H2,1-2H3,(H,27,28)(H,30,31)/b6-3+. The quantitative estimate of drug-likeness (QED) is 0.580. The van der Waals surface area contributed by atoms with Crippen LogP contribution in [0.3, 0.4) is 0 Å². The molecule has 0 saturated carbocycles. The first-order valence-electron chi connectivity index (χ1n) is 9.92. The Hall–Kier alpha value is -3.13. The van der Waals surface area contributed by atoms with E-state index in [-0.39, 0.29) is 17.7 Å². The number of nitrogens with one attached hydrogen (secondary N) is 1. The van der Waals surface area contributed by atoms with E-state index >= 15 is 8.78 Å². The summed E-state index contributed by atoms with van der Waals surface area (Å²) in [5.74, 6) is -2.83. The number of aromatic amines is 1. The summed E-state index contributed by atoms with van der Waals surface area (Å²) in [6.07, 6.45) is 4.23. The van der Waals surface area contributed by atoms with Gasteiger partial charge in [0.15, 0.2) is 0 Å². The molecule has 1 unspecified atom stereocenters. The molecular formula is C23H22F3N3O2. The molecule has 2 aromatic carbocycles. The number of carboxylic acids is 1. The fraction of sp³-hybridized carbons (Fsp3) is 0.304. The molecule has 0 fully saturated rings. The van der Waals surface area contributed by atoms with Gasteiger partial charge in [-0.1, -0.05) is 6.07 Å². The van der Waals surface area contributed by atoms with Crippen molar-refractivity contribution >= 4 is 22.9 Å². The molecular weight excluding hydrogens is 407 g/mol. The normalized spacial score (nSPS) is 17.4. The van der Waals surface area contributed by atoms with Crippen molar-refractivity contribution in [3.63, 3.8) is 0 Å². The molecule has 162 valence electrons. The van der Waals surface area contributed by atoms with Crippen molar-refractivity contribution in [3.8, 4) is 0 Å². The zero-order valence-electron chi connectivity index (χ0n) is 17.1. The maximum Gasteiger partial charge on any atom is 0.328 e. The highest BCUT2D eigenvalue weighted by molar-refractivity contribution is 5.85. The van der Waals surface area contributed by atoms with Crippen LogP contribution in [0.25, 0.3) is 17.0 Å². The summed E-state index contributed by atoms with van der Waals surface area (Å²) in [4.78, 5) is 12.5. The van der Waals surface area contributed by atoms with Gasteiger partial charge in [0.1, 0.15) is 17.3 Å². The molecule has 0 saturated heterocycles. The topological polar surface area (TPSA) is 69.2 Å². The Morgan fingerprint density at radius 2 is 2.03 bits per heavy atom. The summed E-state index contributed by atoms with van der Waals surface area (Å²) in [5, 5.41) is 16.6. The minimum atomic E-state index is -1.56. The lowest BCUT2D eigenvalue weighted by Gasteiger charge is -2.40. The number of H-pyrrole nitrogens is 1. The monoisotopic (exact) mass is 429 g/mol. The summed E-state index contributed by atoms with van der Waals surface area (Å²) in [6, 6.07) is 4.98. The minimum Gasteiger partial charge on any atom is -0.478 e. The maximum atomic E-state index is 15.2. The SMILES string of the molecule is CC(C)(F)CN1CCc2c(ccc3[nH]ncc23)C1c1c(F)cc(/C=C/C(=O)O)cc1F. The summed E-state index contributed by atoms with van der Waals surface area (Å²) < 4.78 is 45.0. The molecule has 8 heteroatoms. The van der Waals surface area contributed by atoms with Gasteiger partial charge < -0.3 is 5.11 Å². The lowest BCUT2D eigenvalue weighted by Crippen LogP contribution is -2.43. The average Bonchev–Trinajstić information content (AvgIpc) is 3.15. The van der Waals surface area contributed by atoms with Gasteiger partial charge in [-0.2, -0.15) is 5.10 Å². The van der Waals surface area contributed by atoms with Gasteiger partial charge >= 0.3 is 5.97 Å². The van der Waals surface area contributed by atoms with E-state index in [0.717, 1.165) is 40.8 Å². The third-order valence-electron chi connectivity index (χ3n) is 5.45. The number of benzene rings is 2. The lowest BCUT2D eigenvalue weighted by molar-refractivity contribution is -0.131. The van der Waals surface area contributed by atoms with Crippen molar-refractivity contribution in [2.24, 2.45) is 0 Å². The second-order valence-electron chi connectivity index (χ2n) is 8.38. The van der Waals surface area contributed by atoms with Crippen molar-refractivity contribution in [1.29, 1.82) is 0 Å². The Kier molecular flexibility index (Phi) is 5.35. The highest BCUT2D eigenvalue weighted by Crippen LogP contribution is 2.41. The molecule has 0 aliphatic carbocycles. The largest absolute Gasteiger partial charge is 0.478 e. The molecule has 1 aromatic heterocycles. The molecule has 0 radical (unpaired) electrons. The van der Waals surface area contributed by atoms with Crippen LogP contribution in [0.1, 0.15) is 42.1 Å². The number of fused-ring (bicyclic) bond motifs is 3. The van der Waals surface area contributed by atoms with E-state index in [0.29, 0.717) is 18.5 Å². The van der Waals surface area contributed by atoms with Crippen LogP contribution in [0.4, 0.5) is 13.2 Å². The number of nitrogens with zero attached hydrogens (tertiary/aromatic N) is 2. The van der Waals surface area contributed by atoms with Gasteiger partial charge in [-0.3, -0.25) is 10.00 Å². The molecule has 1 aliphatic rings. The van der Waals surface area contributed by atoms with E-state index in [9.17, 15) is 9.18 Å². The Labute approximate surface area is 177 Å². The first-order valence-corrected chi connectivity index (χ1v) is 9.92. The van der Waals surface area contributed by atoms with Gasteiger partial charge in [0.05, 0.1) is 17.8 Å².